The summed E-state index contributed by atoms with van der Waals surface area (Å²) in [6.45, 7) is 2.11. The summed E-state index contributed by atoms with van der Waals surface area (Å²) in [5, 5.41) is 0. The first-order chi connectivity index (χ1) is 7.75. The largest absolute Gasteiger partial charge is 0.350 e. The third-order valence-electron chi connectivity index (χ3n) is 2.35. The summed E-state index contributed by atoms with van der Waals surface area (Å²) in [5.74, 6) is 0.307. The molecule has 4 nitrogen and oxygen atoms in total. The summed E-state index contributed by atoms with van der Waals surface area (Å²) in [6.07, 6.45) is 7.66. The predicted octanol–water partition coefficient (Wildman–Crippen LogP) is 2.28. The molecule has 0 bridgehead atoms. The lowest BCUT2D eigenvalue weighted by atomic mass is 10.0. The topological polar surface area (TPSA) is 54.5 Å². The van der Waals surface area contributed by atoms with Crippen LogP contribution in [0.15, 0.2) is 31.0 Å². The SMILES string of the molecule is CC(Cc1cc(=S)nc[nH]1)c1cnccn1. The molecule has 0 amide bonds. The van der Waals surface area contributed by atoms with Crippen LogP contribution in [0, 0.1) is 4.64 Å². The number of aromatic amines is 1. The molecule has 2 aromatic rings. The lowest BCUT2D eigenvalue weighted by Gasteiger charge is -2.09. The average Bonchev–Trinajstić information content (AvgIpc) is 2.30. The second-order valence-electron chi connectivity index (χ2n) is 3.65. The lowest BCUT2D eigenvalue weighted by molar-refractivity contribution is 0.707. The molecule has 2 aromatic heterocycles. The van der Waals surface area contributed by atoms with Crippen LogP contribution in [0.5, 0.6) is 0 Å². The lowest BCUT2D eigenvalue weighted by Crippen LogP contribution is -2.03. The first-order valence-electron chi connectivity index (χ1n) is 5.05. The molecule has 0 aromatic carbocycles. The van der Waals surface area contributed by atoms with Gasteiger partial charge < -0.3 is 4.98 Å². The summed E-state index contributed by atoms with van der Waals surface area (Å²) in [5.41, 5.74) is 2.05. The molecule has 0 aliphatic carbocycles. The third-order valence-corrected chi connectivity index (χ3v) is 2.58. The monoisotopic (exact) mass is 232 g/mol. The number of hydrogen-bond acceptors (Lipinski definition) is 4. The second kappa shape index (κ2) is 4.94. The Labute approximate surface area is 98.8 Å². The number of hydrogen-bond donors (Lipinski definition) is 1. The molecule has 1 unspecified atom stereocenters. The maximum Gasteiger partial charge on any atom is 0.129 e. The van der Waals surface area contributed by atoms with Gasteiger partial charge in [0.25, 0.3) is 0 Å². The molecule has 0 saturated carbocycles. The van der Waals surface area contributed by atoms with Crippen molar-refractivity contribution in [1.82, 2.24) is 19.9 Å². The van der Waals surface area contributed by atoms with Crippen LogP contribution in [0.4, 0.5) is 0 Å². The second-order valence-corrected chi connectivity index (χ2v) is 4.06. The van der Waals surface area contributed by atoms with Crippen molar-refractivity contribution in [1.29, 1.82) is 0 Å². The smallest absolute Gasteiger partial charge is 0.129 e. The zero-order chi connectivity index (χ0) is 11.4. The highest BCUT2D eigenvalue weighted by Crippen LogP contribution is 2.15. The number of nitrogens with zero attached hydrogens (tertiary/aromatic N) is 3. The Morgan fingerprint density at radius 1 is 1.38 bits per heavy atom. The molecule has 82 valence electrons. The minimum absolute atomic E-state index is 0.307. The highest BCUT2D eigenvalue weighted by atomic mass is 32.1. The van der Waals surface area contributed by atoms with Crippen molar-refractivity contribution in [2.24, 2.45) is 0 Å². The van der Waals surface area contributed by atoms with Gasteiger partial charge in [0.1, 0.15) is 4.64 Å². The van der Waals surface area contributed by atoms with Gasteiger partial charge in [0.05, 0.1) is 12.0 Å². The molecule has 0 aliphatic rings. The molecule has 0 aliphatic heterocycles. The minimum atomic E-state index is 0.307. The zero-order valence-electron chi connectivity index (χ0n) is 8.92. The Hall–Kier alpha value is -1.62. The van der Waals surface area contributed by atoms with E-state index < -0.39 is 0 Å². The van der Waals surface area contributed by atoms with Crippen LogP contribution in [0.3, 0.4) is 0 Å². The van der Waals surface area contributed by atoms with Crippen molar-refractivity contribution < 1.29 is 0 Å². The Morgan fingerprint density at radius 3 is 2.94 bits per heavy atom. The van der Waals surface area contributed by atoms with E-state index >= 15 is 0 Å². The van der Waals surface area contributed by atoms with E-state index in [9.17, 15) is 0 Å². The molecule has 1 atom stereocenters. The normalized spacial score (nSPS) is 12.3. The van der Waals surface area contributed by atoms with Crippen molar-refractivity contribution in [3.05, 3.63) is 47.0 Å². The van der Waals surface area contributed by atoms with Gasteiger partial charge in [-0.2, -0.15) is 0 Å². The number of rotatable bonds is 3. The third kappa shape index (κ3) is 2.70. The molecular formula is C11H12N4S. The summed E-state index contributed by atoms with van der Waals surface area (Å²) < 4.78 is 0.611. The summed E-state index contributed by atoms with van der Waals surface area (Å²) in [4.78, 5) is 15.4. The van der Waals surface area contributed by atoms with E-state index in [1.54, 1.807) is 24.9 Å². The first-order valence-corrected chi connectivity index (χ1v) is 5.46. The van der Waals surface area contributed by atoms with E-state index in [0.29, 0.717) is 10.6 Å². The van der Waals surface area contributed by atoms with E-state index in [1.807, 2.05) is 6.07 Å². The van der Waals surface area contributed by atoms with Gasteiger partial charge in [-0.05, 0) is 12.5 Å². The summed E-state index contributed by atoms with van der Waals surface area (Å²) in [6, 6.07) is 1.88. The Balaban J connectivity index is 2.14. The molecule has 2 rings (SSSR count). The number of aromatic nitrogens is 4. The molecule has 5 heteroatoms. The van der Waals surface area contributed by atoms with Crippen LogP contribution in [-0.2, 0) is 6.42 Å². The fraction of sp³-hybridized carbons (Fsp3) is 0.273. The molecule has 2 heterocycles. The average molecular weight is 232 g/mol. The number of nitrogens with one attached hydrogen (secondary N) is 1. The standard InChI is InChI=1S/C11H12N4S/c1-8(10-6-12-2-3-13-10)4-9-5-11(16)15-7-14-9/h2-3,5-8H,4H2,1H3,(H,14,15,16). The van der Waals surface area contributed by atoms with E-state index in [0.717, 1.165) is 17.8 Å². The van der Waals surface area contributed by atoms with Crippen molar-refractivity contribution in [2.45, 2.75) is 19.3 Å². The van der Waals surface area contributed by atoms with Crippen molar-refractivity contribution in [3.63, 3.8) is 0 Å². The van der Waals surface area contributed by atoms with Gasteiger partial charge in [-0.25, -0.2) is 4.98 Å². The fourth-order valence-corrected chi connectivity index (χ4v) is 1.72. The van der Waals surface area contributed by atoms with Crippen molar-refractivity contribution in [2.75, 3.05) is 0 Å². The van der Waals surface area contributed by atoms with E-state index in [-0.39, 0.29) is 0 Å². The van der Waals surface area contributed by atoms with Crippen LogP contribution >= 0.6 is 12.2 Å². The highest BCUT2D eigenvalue weighted by Gasteiger charge is 2.08. The molecule has 0 radical (unpaired) electrons. The molecular weight excluding hydrogens is 220 g/mol. The quantitative estimate of drug-likeness (QED) is 0.825. The van der Waals surface area contributed by atoms with Gasteiger partial charge in [-0.3, -0.25) is 9.97 Å². The first kappa shape index (κ1) is 10.9. The highest BCUT2D eigenvalue weighted by molar-refractivity contribution is 7.71. The van der Waals surface area contributed by atoms with E-state index in [2.05, 4.69) is 26.9 Å². The Kier molecular flexibility index (Phi) is 3.36. The maximum atomic E-state index is 5.01. The van der Waals surface area contributed by atoms with Crippen molar-refractivity contribution in [3.8, 4) is 0 Å². The van der Waals surface area contributed by atoms with Gasteiger partial charge in [-0.15, -0.1) is 0 Å². The summed E-state index contributed by atoms with van der Waals surface area (Å²) in [7, 11) is 0. The van der Waals surface area contributed by atoms with Crippen LogP contribution in [-0.4, -0.2) is 19.9 Å². The molecule has 1 N–H and O–H groups in total. The van der Waals surface area contributed by atoms with Gasteiger partial charge in [-0.1, -0.05) is 19.1 Å². The Bertz CT molecular complexity index is 509. The zero-order valence-corrected chi connectivity index (χ0v) is 9.74. The summed E-state index contributed by atoms with van der Waals surface area (Å²) >= 11 is 5.01. The van der Waals surface area contributed by atoms with Crippen LogP contribution in [0.25, 0.3) is 0 Å². The minimum Gasteiger partial charge on any atom is -0.350 e. The Morgan fingerprint density at radius 2 is 2.25 bits per heavy atom. The fourth-order valence-electron chi connectivity index (χ4n) is 1.52. The van der Waals surface area contributed by atoms with Gasteiger partial charge in [0.2, 0.25) is 0 Å². The van der Waals surface area contributed by atoms with Gasteiger partial charge in [0, 0.05) is 30.2 Å². The van der Waals surface area contributed by atoms with Gasteiger partial charge >= 0.3 is 0 Å². The van der Waals surface area contributed by atoms with Crippen LogP contribution < -0.4 is 0 Å². The van der Waals surface area contributed by atoms with Crippen LogP contribution in [0.2, 0.25) is 0 Å². The van der Waals surface area contributed by atoms with E-state index in [1.165, 1.54) is 0 Å². The van der Waals surface area contributed by atoms with E-state index in [4.69, 9.17) is 12.2 Å². The molecule has 16 heavy (non-hydrogen) atoms. The molecule has 0 saturated heterocycles. The molecule has 0 fully saturated rings. The number of H-pyrrole nitrogens is 1. The van der Waals surface area contributed by atoms with Gasteiger partial charge in [0.15, 0.2) is 0 Å². The van der Waals surface area contributed by atoms with Crippen LogP contribution in [0.1, 0.15) is 24.2 Å². The molecule has 0 spiro atoms. The van der Waals surface area contributed by atoms with Crippen molar-refractivity contribution >= 4 is 12.2 Å². The predicted molar refractivity (Wildman–Crippen MR) is 63.6 cm³/mol. The maximum absolute atomic E-state index is 5.01.